The number of hydrogen-bond acceptors (Lipinski definition) is 5. The predicted octanol–water partition coefficient (Wildman–Crippen LogP) is 1.02. The van der Waals surface area contributed by atoms with Gasteiger partial charge in [-0.15, -0.1) is 11.3 Å². The maximum Gasteiger partial charge on any atom is 0.234 e. The van der Waals surface area contributed by atoms with E-state index in [9.17, 15) is 4.79 Å². The molecule has 0 saturated carbocycles. The summed E-state index contributed by atoms with van der Waals surface area (Å²) in [5, 5.41) is 5.01. The summed E-state index contributed by atoms with van der Waals surface area (Å²) in [6, 6.07) is 4.05. The van der Waals surface area contributed by atoms with E-state index in [0.29, 0.717) is 13.1 Å². The molecule has 1 saturated heterocycles. The van der Waals surface area contributed by atoms with E-state index >= 15 is 0 Å². The zero-order valence-electron chi connectivity index (χ0n) is 12.7. The van der Waals surface area contributed by atoms with E-state index in [-0.39, 0.29) is 5.91 Å². The zero-order valence-corrected chi connectivity index (χ0v) is 13.5. The highest BCUT2D eigenvalue weighted by Gasteiger charge is 2.18. The lowest BCUT2D eigenvalue weighted by Crippen LogP contribution is -2.50. The van der Waals surface area contributed by atoms with Crippen molar-refractivity contribution < 1.29 is 9.53 Å². The number of ether oxygens (including phenoxy) is 1. The third-order valence-electron chi connectivity index (χ3n) is 3.63. The van der Waals surface area contributed by atoms with Crippen molar-refractivity contribution in [2.24, 2.45) is 0 Å². The van der Waals surface area contributed by atoms with Crippen LogP contribution in [0.3, 0.4) is 0 Å². The van der Waals surface area contributed by atoms with Gasteiger partial charge in [-0.2, -0.15) is 0 Å². The summed E-state index contributed by atoms with van der Waals surface area (Å²) in [7, 11) is 0. The molecular formula is C15H25N3O2S. The first kappa shape index (κ1) is 16.4. The number of thiophene rings is 1. The van der Waals surface area contributed by atoms with Crippen LogP contribution in [0.25, 0.3) is 0 Å². The fraction of sp³-hybridized carbons (Fsp3) is 0.667. The predicted molar refractivity (Wildman–Crippen MR) is 85.5 cm³/mol. The molecule has 1 aliphatic heterocycles. The molecule has 21 heavy (non-hydrogen) atoms. The van der Waals surface area contributed by atoms with Gasteiger partial charge in [-0.1, -0.05) is 6.07 Å². The second kappa shape index (κ2) is 9.15. The summed E-state index contributed by atoms with van der Waals surface area (Å²) in [5.74, 6) is 0.117. The van der Waals surface area contributed by atoms with E-state index in [4.69, 9.17) is 4.74 Å². The average Bonchev–Trinajstić information content (AvgIpc) is 3.01. The molecule has 1 amide bonds. The van der Waals surface area contributed by atoms with Gasteiger partial charge in [-0.3, -0.25) is 14.6 Å². The van der Waals surface area contributed by atoms with Crippen LogP contribution in [0.5, 0.6) is 0 Å². The van der Waals surface area contributed by atoms with E-state index in [1.54, 1.807) is 11.3 Å². The summed E-state index contributed by atoms with van der Waals surface area (Å²) in [4.78, 5) is 17.7. The van der Waals surface area contributed by atoms with E-state index < -0.39 is 0 Å². The third-order valence-corrected chi connectivity index (χ3v) is 4.50. The molecule has 0 unspecified atom stereocenters. The summed E-state index contributed by atoms with van der Waals surface area (Å²) in [5.41, 5.74) is 0. The highest BCUT2D eigenvalue weighted by molar-refractivity contribution is 7.09. The Hall–Kier alpha value is -0.950. The van der Waals surface area contributed by atoms with Crippen molar-refractivity contribution in [1.29, 1.82) is 0 Å². The van der Waals surface area contributed by atoms with E-state index in [1.807, 2.05) is 24.4 Å². The Bertz CT molecular complexity index is 403. The van der Waals surface area contributed by atoms with Crippen molar-refractivity contribution in [3.05, 3.63) is 22.4 Å². The Labute approximate surface area is 130 Å². The Morgan fingerprint density at radius 2 is 2.10 bits per heavy atom. The fourth-order valence-corrected chi connectivity index (χ4v) is 3.01. The number of rotatable bonds is 8. The number of piperazine rings is 1. The first-order chi connectivity index (χ1) is 10.3. The van der Waals surface area contributed by atoms with Crippen LogP contribution in [0.15, 0.2) is 17.5 Å². The van der Waals surface area contributed by atoms with Gasteiger partial charge >= 0.3 is 0 Å². The minimum Gasteiger partial charge on any atom is -0.380 e. The van der Waals surface area contributed by atoms with Crippen molar-refractivity contribution in [1.82, 2.24) is 15.1 Å². The summed E-state index contributed by atoms with van der Waals surface area (Å²) in [6.45, 7) is 9.70. The van der Waals surface area contributed by atoms with Crippen molar-refractivity contribution in [2.45, 2.75) is 13.5 Å². The lowest BCUT2D eigenvalue weighted by molar-refractivity contribution is -0.122. The van der Waals surface area contributed by atoms with E-state index in [2.05, 4.69) is 15.1 Å². The Morgan fingerprint density at radius 3 is 2.76 bits per heavy atom. The van der Waals surface area contributed by atoms with E-state index in [0.717, 1.165) is 45.9 Å². The number of nitrogens with zero attached hydrogens (tertiary/aromatic N) is 2. The Balaban J connectivity index is 1.58. The molecule has 5 nitrogen and oxygen atoms in total. The summed E-state index contributed by atoms with van der Waals surface area (Å²) in [6.07, 6.45) is 0. The van der Waals surface area contributed by atoms with Crippen molar-refractivity contribution in [3.63, 3.8) is 0 Å². The number of amides is 1. The van der Waals surface area contributed by atoms with Gasteiger partial charge in [0, 0.05) is 44.2 Å². The van der Waals surface area contributed by atoms with Crippen molar-refractivity contribution in [3.8, 4) is 0 Å². The van der Waals surface area contributed by atoms with Gasteiger partial charge in [0.1, 0.15) is 0 Å². The van der Waals surface area contributed by atoms with Gasteiger partial charge in [0.15, 0.2) is 0 Å². The van der Waals surface area contributed by atoms with Gasteiger partial charge in [-0.05, 0) is 18.4 Å². The maximum absolute atomic E-state index is 11.9. The Kier molecular flexibility index (Phi) is 7.15. The molecule has 0 bridgehead atoms. The molecule has 2 rings (SSSR count). The van der Waals surface area contributed by atoms with Crippen LogP contribution in [0, 0.1) is 0 Å². The zero-order chi connectivity index (χ0) is 14.9. The van der Waals surface area contributed by atoms with Crippen LogP contribution < -0.4 is 5.32 Å². The highest BCUT2D eigenvalue weighted by atomic mass is 32.1. The molecule has 6 heteroatoms. The topological polar surface area (TPSA) is 44.8 Å². The molecule has 1 fully saturated rings. The number of carbonyl (C=O) groups is 1. The van der Waals surface area contributed by atoms with Gasteiger partial charge in [-0.25, -0.2) is 0 Å². The van der Waals surface area contributed by atoms with Crippen LogP contribution in [-0.4, -0.2) is 68.2 Å². The molecule has 1 N–H and O–H groups in total. The molecule has 1 aromatic rings. The van der Waals surface area contributed by atoms with E-state index in [1.165, 1.54) is 4.88 Å². The first-order valence-corrected chi connectivity index (χ1v) is 8.47. The molecule has 2 heterocycles. The summed E-state index contributed by atoms with van der Waals surface area (Å²) < 4.78 is 5.38. The van der Waals surface area contributed by atoms with Crippen molar-refractivity contribution in [2.75, 3.05) is 52.5 Å². The minimum atomic E-state index is 0.117. The SMILES string of the molecule is CCOCCN1CCN(CC(=O)NCc2cccs2)CC1. The maximum atomic E-state index is 11.9. The van der Waals surface area contributed by atoms with Gasteiger partial charge in [0.2, 0.25) is 5.91 Å². The third kappa shape index (κ3) is 6.13. The standard InChI is InChI=1S/C15H25N3O2S/c1-2-20-10-9-17-5-7-18(8-6-17)13-15(19)16-12-14-4-3-11-21-14/h3-4,11H,2,5-10,12-13H2,1H3,(H,16,19). The quantitative estimate of drug-likeness (QED) is 0.728. The number of carbonyl (C=O) groups excluding carboxylic acids is 1. The average molecular weight is 311 g/mol. The smallest absolute Gasteiger partial charge is 0.234 e. The van der Waals surface area contributed by atoms with Crippen LogP contribution in [0.2, 0.25) is 0 Å². The monoisotopic (exact) mass is 311 g/mol. The fourth-order valence-electron chi connectivity index (χ4n) is 2.37. The van der Waals surface area contributed by atoms with Crippen LogP contribution in [0.1, 0.15) is 11.8 Å². The van der Waals surface area contributed by atoms with Gasteiger partial charge in [0.05, 0.1) is 19.7 Å². The molecule has 1 aromatic heterocycles. The number of hydrogen-bond donors (Lipinski definition) is 1. The molecule has 0 aliphatic carbocycles. The normalized spacial score (nSPS) is 17.0. The molecule has 118 valence electrons. The second-order valence-corrected chi connectivity index (χ2v) is 6.20. The van der Waals surface area contributed by atoms with Crippen molar-refractivity contribution >= 4 is 17.2 Å². The molecule has 0 radical (unpaired) electrons. The van der Waals surface area contributed by atoms with Gasteiger partial charge < -0.3 is 10.1 Å². The largest absolute Gasteiger partial charge is 0.380 e. The highest BCUT2D eigenvalue weighted by Crippen LogP contribution is 2.07. The molecular weight excluding hydrogens is 286 g/mol. The second-order valence-electron chi connectivity index (χ2n) is 5.17. The molecule has 0 aromatic carbocycles. The van der Waals surface area contributed by atoms with Crippen LogP contribution in [0.4, 0.5) is 0 Å². The minimum absolute atomic E-state index is 0.117. The molecule has 0 atom stereocenters. The number of nitrogens with one attached hydrogen (secondary N) is 1. The summed E-state index contributed by atoms with van der Waals surface area (Å²) >= 11 is 1.67. The van der Waals surface area contributed by atoms with Gasteiger partial charge in [0.25, 0.3) is 0 Å². The lowest BCUT2D eigenvalue weighted by Gasteiger charge is -2.34. The van der Waals surface area contributed by atoms with Crippen LogP contribution in [-0.2, 0) is 16.1 Å². The first-order valence-electron chi connectivity index (χ1n) is 7.59. The Morgan fingerprint density at radius 1 is 1.33 bits per heavy atom. The molecule has 0 spiro atoms. The molecule has 1 aliphatic rings. The lowest BCUT2D eigenvalue weighted by atomic mass is 10.3. The van der Waals surface area contributed by atoms with Crippen LogP contribution >= 0.6 is 11.3 Å².